The van der Waals surface area contributed by atoms with Crippen molar-refractivity contribution >= 4 is 23.2 Å². The van der Waals surface area contributed by atoms with E-state index in [-0.39, 0.29) is 23.8 Å². The van der Waals surface area contributed by atoms with Crippen LogP contribution in [-0.4, -0.2) is 17.9 Å². The highest BCUT2D eigenvalue weighted by Crippen LogP contribution is 2.25. The van der Waals surface area contributed by atoms with Gasteiger partial charge in [-0.15, -0.1) is 0 Å². The number of rotatable bonds is 4. The lowest BCUT2D eigenvalue weighted by molar-refractivity contribution is -0.121. The second-order valence-corrected chi connectivity index (χ2v) is 5.60. The van der Waals surface area contributed by atoms with E-state index in [2.05, 4.69) is 10.6 Å². The van der Waals surface area contributed by atoms with Crippen molar-refractivity contribution in [2.45, 2.75) is 45.1 Å². The van der Waals surface area contributed by atoms with Gasteiger partial charge in [0.05, 0.1) is 0 Å². The fourth-order valence-electron chi connectivity index (χ4n) is 2.63. The molecule has 1 fully saturated rings. The average molecular weight is 289 g/mol. The Morgan fingerprint density at radius 3 is 2.62 bits per heavy atom. The van der Waals surface area contributed by atoms with Gasteiger partial charge in [0, 0.05) is 29.8 Å². The van der Waals surface area contributed by atoms with Crippen LogP contribution in [0.1, 0.15) is 39.0 Å². The van der Waals surface area contributed by atoms with Crippen molar-refractivity contribution in [2.24, 2.45) is 11.7 Å². The largest absolute Gasteiger partial charge is 0.328 e. The molecule has 1 saturated carbocycles. The SMILES string of the molecule is CCC(=O)Nc1cccc(NC(=O)C2CCCC(N)C2)c1. The van der Waals surface area contributed by atoms with Gasteiger partial charge in [-0.2, -0.15) is 0 Å². The van der Waals surface area contributed by atoms with Crippen LogP contribution < -0.4 is 16.4 Å². The highest BCUT2D eigenvalue weighted by molar-refractivity contribution is 5.95. The second kappa shape index (κ2) is 7.22. The smallest absolute Gasteiger partial charge is 0.227 e. The molecule has 0 spiro atoms. The molecule has 1 aliphatic carbocycles. The quantitative estimate of drug-likeness (QED) is 0.796. The Labute approximate surface area is 125 Å². The summed E-state index contributed by atoms with van der Waals surface area (Å²) in [7, 11) is 0. The van der Waals surface area contributed by atoms with E-state index in [1.165, 1.54) is 0 Å². The predicted molar refractivity (Wildman–Crippen MR) is 83.9 cm³/mol. The van der Waals surface area contributed by atoms with Crippen LogP contribution in [0.2, 0.25) is 0 Å². The number of nitrogens with two attached hydrogens (primary N) is 1. The van der Waals surface area contributed by atoms with E-state index in [1.54, 1.807) is 19.1 Å². The molecule has 1 aromatic rings. The molecule has 5 nitrogen and oxygen atoms in total. The first kappa shape index (κ1) is 15.5. The number of hydrogen-bond donors (Lipinski definition) is 3. The van der Waals surface area contributed by atoms with Gasteiger partial charge >= 0.3 is 0 Å². The molecule has 0 heterocycles. The topological polar surface area (TPSA) is 84.2 Å². The number of benzene rings is 1. The van der Waals surface area contributed by atoms with E-state index in [4.69, 9.17) is 5.73 Å². The summed E-state index contributed by atoms with van der Waals surface area (Å²) in [5, 5.41) is 5.70. The lowest BCUT2D eigenvalue weighted by Gasteiger charge is -2.25. The Kier molecular flexibility index (Phi) is 5.33. The van der Waals surface area contributed by atoms with Gasteiger partial charge in [0.2, 0.25) is 11.8 Å². The standard InChI is InChI=1S/C16H23N3O2/c1-2-15(20)18-13-7-4-8-14(10-13)19-16(21)11-5-3-6-12(17)9-11/h4,7-8,10-12H,2-3,5-6,9,17H2,1H3,(H,18,20)(H,19,21). The van der Waals surface area contributed by atoms with Crippen molar-refractivity contribution < 1.29 is 9.59 Å². The van der Waals surface area contributed by atoms with Crippen LogP contribution in [0, 0.1) is 5.92 Å². The maximum atomic E-state index is 12.2. The number of hydrogen-bond acceptors (Lipinski definition) is 3. The Balaban J connectivity index is 1.97. The number of carbonyl (C=O) groups is 2. The van der Waals surface area contributed by atoms with Crippen molar-refractivity contribution in [3.63, 3.8) is 0 Å². The summed E-state index contributed by atoms with van der Waals surface area (Å²) in [5.41, 5.74) is 7.32. The first-order valence-corrected chi connectivity index (χ1v) is 7.55. The minimum atomic E-state index is -0.0447. The summed E-state index contributed by atoms with van der Waals surface area (Å²) < 4.78 is 0. The third-order valence-electron chi connectivity index (χ3n) is 3.82. The predicted octanol–water partition coefficient (Wildman–Crippen LogP) is 2.49. The number of amides is 2. The van der Waals surface area contributed by atoms with E-state index in [1.807, 2.05) is 12.1 Å². The van der Waals surface area contributed by atoms with Gasteiger partial charge in [0.1, 0.15) is 0 Å². The lowest BCUT2D eigenvalue weighted by Crippen LogP contribution is -2.34. The van der Waals surface area contributed by atoms with Crippen LogP contribution in [0.25, 0.3) is 0 Å². The minimum absolute atomic E-state index is 0.0114. The molecule has 2 amide bonds. The van der Waals surface area contributed by atoms with E-state index < -0.39 is 0 Å². The lowest BCUT2D eigenvalue weighted by atomic mass is 9.85. The molecular weight excluding hydrogens is 266 g/mol. The van der Waals surface area contributed by atoms with Gasteiger partial charge in [-0.3, -0.25) is 9.59 Å². The maximum Gasteiger partial charge on any atom is 0.227 e. The first-order chi connectivity index (χ1) is 10.1. The molecule has 21 heavy (non-hydrogen) atoms. The van der Waals surface area contributed by atoms with E-state index in [0.717, 1.165) is 25.7 Å². The van der Waals surface area contributed by atoms with E-state index in [0.29, 0.717) is 17.8 Å². The van der Waals surface area contributed by atoms with Crippen molar-refractivity contribution in [3.8, 4) is 0 Å². The van der Waals surface area contributed by atoms with Crippen LogP contribution >= 0.6 is 0 Å². The molecule has 114 valence electrons. The van der Waals surface area contributed by atoms with Crippen molar-refractivity contribution in [3.05, 3.63) is 24.3 Å². The van der Waals surface area contributed by atoms with Crippen LogP contribution in [-0.2, 0) is 9.59 Å². The summed E-state index contributed by atoms with van der Waals surface area (Å²) in [6.07, 6.45) is 4.08. The summed E-state index contributed by atoms with van der Waals surface area (Å²) >= 11 is 0. The Hall–Kier alpha value is -1.88. The fourth-order valence-corrected chi connectivity index (χ4v) is 2.63. The Morgan fingerprint density at radius 2 is 1.95 bits per heavy atom. The molecule has 4 N–H and O–H groups in total. The molecule has 2 rings (SSSR count). The molecule has 0 saturated heterocycles. The third kappa shape index (κ3) is 4.56. The average Bonchev–Trinajstić information content (AvgIpc) is 2.47. The summed E-state index contributed by atoms with van der Waals surface area (Å²) in [6.45, 7) is 1.80. The van der Waals surface area contributed by atoms with Gasteiger partial charge < -0.3 is 16.4 Å². The van der Waals surface area contributed by atoms with Gasteiger partial charge in [-0.1, -0.05) is 19.4 Å². The van der Waals surface area contributed by atoms with Crippen LogP contribution in [0.5, 0.6) is 0 Å². The monoisotopic (exact) mass is 289 g/mol. The van der Waals surface area contributed by atoms with E-state index >= 15 is 0 Å². The molecule has 0 radical (unpaired) electrons. The number of nitrogens with one attached hydrogen (secondary N) is 2. The molecule has 0 aliphatic heterocycles. The molecular formula is C16H23N3O2. The highest BCUT2D eigenvalue weighted by atomic mass is 16.2. The number of carbonyl (C=O) groups excluding carboxylic acids is 2. The summed E-state index contributed by atoms with van der Waals surface area (Å²) in [6, 6.07) is 7.34. The van der Waals surface area contributed by atoms with E-state index in [9.17, 15) is 9.59 Å². The third-order valence-corrected chi connectivity index (χ3v) is 3.82. The van der Waals surface area contributed by atoms with Gasteiger partial charge in [0.15, 0.2) is 0 Å². The van der Waals surface area contributed by atoms with Crippen molar-refractivity contribution in [1.29, 1.82) is 0 Å². The molecule has 2 atom stereocenters. The molecule has 0 bridgehead atoms. The second-order valence-electron chi connectivity index (χ2n) is 5.60. The molecule has 5 heteroatoms. The zero-order chi connectivity index (χ0) is 15.2. The molecule has 0 aromatic heterocycles. The zero-order valence-electron chi connectivity index (χ0n) is 12.4. The normalized spacial score (nSPS) is 21.6. The number of anilines is 2. The maximum absolute atomic E-state index is 12.2. The Bertz CT molecular complexity index is 516. The van der Waals surface area contributed by atoms with Gasteiger partial charge in [0.25, 0.3) is 0 Å². The van der Waals surface area contributed by atoms with Crippen molar-refractivity contribution in [1.82, 2.24) is 0 Å². The summed E-state index contributed by atoms with van der Waals surface area (Å²) in [4.78, 5) is 23.6. The highest BCUT2D eigenvalue weighted by Gasteiger charge is 2.25. The minimum Gasteiger partial charge on any atom is -0.328 e. The molecule has 1 aliphatic rings. The van der Waals surface area contributed by atoms with Crippen LogP contribution in [0.3, 0.4) is 0 Å². The van der Waals surface area contributed by atoms with Gasteiger partial charge in [-0.05, 0) is 37.5 Å². The Morgan fingerprint density at radius 1 is 1.24 bits per heavy atom. The van der Waals surface area contributed by atoms with Gasteiger partial charge in [-0.25, -0.2) is 0 Å². The first-order valence-electron chi connectivity index (χ1n) is 7.55. The summed E-state index contributed by atoms with van der Waals surface area (Å²) in [5.74, 6) is -0.0384. The molecule has 1 aromatic carbocycles. The van der Waals surface area contributed by atoms with Crippen molar-refractivity contribution in [2.75, 3.05) is 10.6 Å². The van der Waals surface area contributed by atoms with Crippen LogP contribution in [0.4, 0.5) is 11.4 Å². The van der Waals surface area contributed by atoms with Crippen LogP contribution in [0.15, 0.2) is 24.3 Å². The molecule has 2 unspecified atom stereocenters. The zero-order valence-corrected chi connectivity index (χ0v) is 12.4. The fraction of sp³-hybridized carbons (Fsp3) is 0.500.